The fourth-order valence-electron chi connectivity index (χ4n) is 3.09. The summed E-state index contributed by atoms with van der Waals surface area (Å²) in [7, 11) is 1.66. The monoisotopic (exact) mass is 359 g/mol. The molecule has 0 aliphatic carbocycles. The van der Waals surface area contributed by atoms with Gasteiger partial charge in [-0.05, 0) is 38.4 Å². The van der Waals surface area contributed by atoms with E-state index >= 15 is 0 Å². The minimum atomic E-state index is -0.439. The molecule has 1 aromatic heterocycles. The Hall–Kier alpha value is -1.85. The molecule has 0 spiro atoms. The molecular formula is C21H33N3O2. The second-order valence-corrected chi connectivity index (χ2v) is 6.89. The first-order chi connectivity index (χ1) is 12.6. The lowest BCUT2D eigenvalue weighted by atomic mass is 10.1. The van der Waals surface area contributed by atoms with Crippen LogP contribution in [0.4, 0.5) is 5.69 Å². The average molecular weight is 360 g/mol. The predicted octanol–water partition coefficient (Wildman–Crippen LogP) is 3.92. The smallest absolute Gasteiger partial charge is 0.121 e. The van der Waals surface area contributed by atoms with Gasteiger partial charge in [-0.1, -0.05) is 26.3 Å². The van der Waals surface area contributed by atoms with Crippen LogP contribution in [0.1, 0.15) is 40.0 Å². The molecule has 0 aliphatic heterocycles. The van der Waals surface area contributed by atoms with Gasteiger partial charge in [0.2, 0.25) is 0 Å². The van der Waals surface area contributed by atoms with E-state index in [-0.39, 0.29) is 0 Å². The van der Waals surface area contributed by atoms with Gasteiger partial charge in [0, 0.05) is 36.8 Å². The van der Waals surface area contributed by atoms with Crippen LogP contribution in [0.3, 0.4) is 0 Å². The van der Waals surface area contributed by atoms with Gasteiger partial charge in [0.15, 0.2) is 0 Å². The maximum Gasteiger partial charge on any atom is 0.121 e. The lowest BCUT2D eigenvalue weighted by molar-refractivity contribution is 0.0963. The summed E-state index contributed by atoms with van der Waals surface area (Å²) < 4.78 is 5.39. The third-order valence-corrected chi connectivity index (χ3v) is 4.90. The van der Waals surface area contributed by atoms with Crippen LogP contribution < -0.4 is 10.1 Å². The van der Waals surface area contributed by atoms with Crippen LogP contribution in [0.2, 0.25) is 0 Å². The molecule has 2 atom stereocenters. The van der Waals surface area contributed by atoms with Crippen molar-refractivity contribution in [1.29, 1.82) is 0 Å². The number of aliphatic hydroxyl groups is 1. The number of anilines is 1. The first-order valence-corrected chi connectivity index (χ1v) is 9.67. The van der Waals surface area contributed by atoms with Crippen LogP contribution in [-0.2, 0) is 0 Å². The number of aliphatic hydroxyl groups excluding tert-OH is 1. The van der Waals surface area contributed by atoms with E-state index in [0.29, 0.717) is 19.1 Å². The normalized spacial score (nSPS) is 13.8. The van der Waals surface area contributed by atoms with Crippen molar-refractivity contribution < 1.29 is 9.84 Å². The number of ether oxygens (including phenoxy) is 1. The van der Waals surface area contributed by atoms with Crippen LogP contribution in [0, 0.1) is 0 Å². The van der Waals surface area contributed by atoms with Crippen molar-refractivity contribution in [2.45, 2.75) is 52.2 Å². The molecule has 0 radical (unpaired) electrons. The van der Waals surface area contributed by atoms with Crippen LogP contribution >= 0.6 is 0 Å². The Labute approximate surface area is 157 Å². The molecule has 0 amide bonds. The number of nitrogens with zero attached hydrogens (tertiary/aromatic N) is 2. The van der Waals surface area contributed by atoms with E-state index in [1.54, 1.807) is 13.3 Å². The second kappa shape index (κ2) is 10.3. The topological polar surface area (TPSA) is 57.6 Å². The molecule has 0 bridgehead atoms. The number of unbranched alkanes of at least 4 members (excludes halogenated alkanes) is 1. The Morgan fingerprint density at radius 2 is 2.12 bits per heavy atom. The first-order valence-electron chi connectivity index (χ1n) is 9.67. The molecule has 1 aromatic carbocycles. The zero-order valence-electron chi connectivity index (χ0n) is 16.5. The molecule has 144 valence electrons. The maximum absolute atomic E-state index is 10.6. The van der Waals surface area contributed by atoms with Gasteiger partial charge in [-0.15, -0.1) is 0 Å². The number of benzene rings is 1. The van der Waals surface area contributed by atoms with Crippen molar-refractivity contribution in [2.24, 2.45) is 0 Å². The lowest BCUT2D eigenvalue weighted by Gasteiger charge is -2.30. The molecule has 2 rings (SSSR count). The van der Waals surface area contributed by atoms with Crippen molar-refractivity contribution in [3.63, 3.8) is 0 Å². The first kappa shape index (κ1) is 20.5. The fourth-order valence-corrected chi connectivity index (χ4v) is 3.09. The summed E-state index contributed by atoms with van der Waals surface area (Å²) in [5.74, 6) is 0.784. The van der Waals surface area contributed by atoms with E-state index < -0.39 is 6.10 Å². The zero-order chi connectivity index (χ0) is 18.9. The largest absolute Gasteiger partial charge is 0.497 e. The Balaban J connectivity index is 2.04. The van der Waals surface area contributed by atoms with E-state index in [4.69, 9.17) is 4.74 Å². The highest BCUT2D eigenvalue weighted by Gasteiger charge is 2.16. The van der Waals surface area contributed by atoms with Crippen molar-refractivity contribution in [3.05, 3.63) is 30.5 Å². The molecule has 5 nitrogen and oxygen atoms in total. The molecule has 0 saturated heterocycles. The minimum absolute atomic E-state index is 0.439. The van der Waals surface area contributed by atoms with Gasteiger partial charge >= 0.3 is 0 Å². The summed E-state index contributed by atoms with van der Waals surface area (Å²) in [6, 6.07) is 8.32. The molecule has 2 N–H and O–H groups in total. The molecule has 5 heteroatoms. The number of pyridine rings is 1. The Morgan fingerprint density at radius 3 is 2.81 bits per heavy atom. The Kier molecular flexibility index (Phi) is 8.13. The molecule has 0 fully saturated rings. The van der Waals surface area contributed by atoms with E-state index in [0.717, 1.165) is 41.7 Å². The van der Waals surface area contributed by atoms with Crippen LogP contribution in [0.25, 0.3) is 10.9 Å². The van der Waals surface area contributed by atoms with Gasteiger partial charge in [0.25, 0.3) is 0 Å². The highest BCUT2D eigenvalue weighted by atomic mass is 16.5. The maximum atomic E-state index is 10.6. The third-order valence-electron chi connectivity index (χ3n) is 4.90. The van der Waals surface area contributed by atoms with Crippen molar-refractivity contribution in [3.8, 4) is 5.75 Å². The fraction of sp³-hybridized carbons (Fsp3) is 0.571. The lowest BCUT2D eigenvalue weighted by Crippen LogP contribution is -2.41. The number of rotatable bonds is 11. The van der Waals surface area contributed by atoms with E-state index in [1.807, 2.05) is 24.3 Å². The second-order valence-electron chi connectivity index (χ2n) is 6.89. The average Bonchev–Trinajstić information content (AvgIpc) is 2.68. The van der Waals surface area contributed by atoms with E-state index in [9.17, 15) is 5.11 Å². The summed E-state index contributed by atoms with van der Waals surface area (Å²) in [6.07, 6.45) is 4.77. The van der Waals surface area contributed by atoms with Gasteiger partial charge in [0.1, 0.15) is 5.75 Å². The molecule has 0 aliphatic rings. The number of fused-ring (bicyclic) bond motifs is 1. The van der Waals surface area contributed by atoms with E-state index in [1.165, 1.54) is 6.42 Å². The summed E-state index contributed by atoms with van der Waals surface area (Å²) in [6.45, 7) is 8.83. The quantitative estimate of drug-likeness (QED) is 0.637. The van der Waals surface area contributed by atoms with Crippen molar-refractivity contribution in [2.75, 3.05) is 32.1 Å². The van der Waals surface area contributed by atoms with Gasteiger partial charge < -0.3 is 15.2 Å². The summed E-state index contributed by atoms with van der Waals surface area (Å²) in [5, 5.41) is 15.0. The zero-order valence-corrected chi connectivity index (χ0v) is 16.5. The SMILES string of the molecule is CCCCN(C[C@H](O)CNc1cc(OC)cc2cccnc12)[C@@H](C)CC. The summed E-state index contributed by atoms with van der Waals surface area (Å²) in [4.78, 5) is 6.85. The molecule has 1 heterocycles. The Bertz CT molecular complexity index is 677. The van der Waals surface area contributed by atoms with Crippen molar-refractivity contribution >= 4 is 16.6 Å². The van der Waals surface area contributed by atoms with Crippen LogP contribution in [0.15, 0.2) is 30.5 Å². The number of hydrogen-bond donors (Lipinski definition) is 2. The highest BCUT2D eigenvalue weighted by molar-refractivity contribution is 5.91. The van der Waals surface area contributed by atoms with Gasteiger partial charge in [-0.3, -0.25) is 9.88 Å². The van der Waals surface area contributed by atoms with Crippen LogP contribution in [0.5, 0.6) is 5.75 Å². The van der Waals surface area contributed by atoms with E-state index in [2.05, 4.69) is 36.0 Å². The molecule has 26 heavy (non-hydrogen) atoms. The minimum Gasteiger partial charge on any atom is -0.497 e. The number of nitrogens with one attached hydrogen (secondary N) is 1. The van der Waals surface area contributed by atoms with Gasteiger partial charge in [-0.25, -0.2) is 0 Å². The Morgan fingerprint density at radius 1 is 1.31 bits per heavy atom. The standard InChI is InChI=1S/C21H33N3O2/c1-5-7-11-24(16(3)6-2)15-18(25)14-23-20-13-19(26-4)12-17-9-8-10-22-21(17)20/h8-10,12-13,16,18,23,25H,5-7,11,14-15H2,1-4H3/t16-,18+/m0/s1. The molecule has 0 saturated carbocycles. The third kappa shape index (κ3) is 5.58. The molecule has 0 unspecified atom stereocenters. The van der Waals surface area contributed by atoms with Crippen LogP contribution in [-0.4, -0.2) is 53.9 Å². The predicted molar refractivity (Wildman–Crippen MR) is 109 cm³/mol. The number of aromatic nitrogens is 1. The van der Waals surface area contributed by atoms with Crippen molar-refractivity contribution in [1.82, 2.24) is 9.88 Å². The number of methoxy groups -OCH3 is 1. The van der Waals surface area contributed by atoms with Gasteiger partial charge in [0.05, 0.1) is 24.4 Å². The molecule has 2 aromatic rings. The summed E-state index contributed by atoms with van der Waals surface area (Å²) >= 11 is 0. The highest BCUT2D eigenvalue weighted by Crippen LogP contribution is 2.27. The number of hydrogen-bond acceptors (Lipinski definition) is 5. The van der Waals surface area contributed by atoms with Gasteiger partial charge in [-0.2, -0.15) is 0 Å². The summed E-state index contributed by atoms with van der Waals surface area (Å²) in [5.41, 5.74) is 1.79. The molecular weight excluding hydrogens is 326 g/mol.